The smallest absolute Gasteiger partial charge is 0.0217 e. The van der Waals surface area contributed by atoms with Crippen molar-refractivity contribution in [2.75, 3.05) is 13.6 Å². The summed E-state index contributed by atoms with van der Waals surface area (Å²) in [5.41, 5.74) is 6.23. The molecule has 54 valence electrons. The van der Waals surface area contributed by atoms with Crippen molar-refractivity contribution in [3.8, 4) is 0 Å². The summed E-state index contributed by atoms with van der Waals surface area (Å²) in [5, 5.41) is 10.0. The molecule has 1 atom stereocenters. The third-order valence-electron chi connectivity index (χ3n) is 1.03. The van der Waals surface area contributed by atoms with Crippen LogP contribution in [0.4, 0.5) is 0 Å². The minimum absolute atomic E-state index is 0.104. The lowest BCUT2D eigenvalue weighted by Gasteiger charge is -2.08. The van der Waals surface area contributed by atoms with Gasteiger partial charge >= 0.3 is 0 Å². The Labute approximate surface area is 56.1 Å². The summed E-state index contributed by atoms with van der Waals surface area (Å²) in [6.45, 7) is 2.56. The minimum Gasteiger partial charge on any atom is -0.326 e. The summed E-state index contributed by atoms with van der Waals surface area (Å²) in [4.78, 5) is 0. The summed E-state index contributed by atoms with van der Waals surface area (Å²) >= 11 is 0. The SMILES string of the molecule is CNC[C@@H](N)CC(C)=N. The van der Waals surface area contributed by atoms with E-state index in [0.29, 0.717) is 12.1 Å². The van der Waals surface area contributed by atoms with Crippen LogP contribution < -0.4 is 11.1 Å². The predicted molar refractivity (Wildman–Crippen MR) is 39.9 cm³/mol. The Morgan fingerprint density at radius 3 is 2.67 bits per heavy atom. The second kappa shape index (κ2) is 4.47. The van der Waals surface area contributed by atoms with Gasteiger partial charge in [-0.25, -0.2) is 0 Å². The van der Waals surface area contributed by atoms with Crippen molar-refractivity contribution in [1.29, 1.82) is 5.41 Å². The molecule has 3 heteroatoms. The van der Waals surface area contributed by atoms with Gasteiger partial charge in [-0.3, -0.25) is 0 Å². The van der Waals surface area contributed by atoms with E-state index < -0.39 is 0 Å². The Morgan fingerprint density at radius 1 is 1.78 bits per heavy atom. The van der Waals surface area contributed by atoms with Gasteiger partial charge in [-0.15, -0.1) is 0 Å². The molecule has 0 radical (unpaired) electrons. The summed E-state index contributed by atoms with van der Waals surface area (Å²) in [6, 6.07) is 0.104. The quantitative estimate of drug-likeness (QED) is 0.466. The fourth-order valence-corrected chi connectivity index (χ4v) is 0.728. The molecule has 0 saturated heterocycles. The van der Waals surface area contributed by atoms with Crippen LogP contribution in [0.2, 0.25) is 0 Å². The third kappa shape index (κ3) is 5.46. The zero-order valence-electron chi connectivity index (χ0n) is 6.07. The van der Waals surface area contributed by atoms with Crippen molar-refractivity contribution in [1.82, 2.24) is 5.32 Å². The molecule has 0 aromatic rings. The predicted octanol–water partition coefficient (Wildman–Crippen LogP) is -0.0371. The standard InChI is InChI=1S/C6H15N3/c1-5(7)3-6(8)4-9-2/h6-7,9H,3-4,8H2,1-2H3/t6-/m0/s1. The largest absolute Gasteiger partial charge is 0.326 e. The average molecular weight is 129 g/mol. The molecule has 0 spiro atoms. The molecule has 0 aromatic heterocycles. The molecule has 9 heavy (non-hydrogen) atoms. The second-order valence-electron chi connectivity index (χ2n) is 2.30. The maximum absolute atomic E-state index is 7.10. The van der Waals surface area contributed by atoms with Gasteiger partial charge in [0.25, 0.3) is 0 Å². The summed E-state index contributed by atoms with van der Waals surface area (Å²) < 4.78 is 0. The van der Waals surface area contributed by atoms with Crippen LogP contribution in [0.25, 0.3) is 0 Å². The van der Waals surface area contributed by atoms with Crippen molar-refractivity contribution in [2.24, 2.45) is 5.73 Å². The van der Waals surface area contributed by atoms with Crippen LogP contribution in [0.3, 0.4) is 0 Å². The number of hydrogen-bond acceptors (Lipinski definition) is 3. The molecule has 0 heterocycles. The highest BCUT2D eigenvalue weighted by molar-refractivity contribution is 5.79. The van der Waals surface area contributed by atoms with Gasteiger partial charge in [0.2, 0.25) is 0 Å². The number of rotatable bonds is 4. The van der Waals surface area contributed by atoms with Crippen LogP contribution >= 0.6 is 0 Å². The zero-order valence-corrected chi connectivity index (χ0v) is 6.07. The van der Waals surface area contributed by atoms with Gasteiger partial charge in [-0.2, -0.15) is 0 Å². The van der Waals surface area contributed by atoms with E-state index in [9.17, 15) is 0 Å². The lowest BCUT2D eigenvalue weighted by Crippen LogP contribution is -2.33. The fraction of sp³-hybridized carbons (Fsp3) is 0.833. The van der Waals surface area contributed by atoms with Gasteiger partial charge in [-0.05, 0) is 14.0 Å². The molecule has 4 N–H and O–H groups in total. The first kappa shape index (κ1) is 8.59. The number of likely N-dealkylation sites (N-methyl/N-ethyl adjacent to an activating group) is 1. The van der Waals surface area contributed by atoms with Crippen LogP contribution in [0.1, 0.15) is 13.3 Å². The minimum atomic E-state index is 0.104. The van der Waals surface area contributed by atoms with Gasteiger partial charge < -0.3 is 16.5 Å². The first-order valence-corrected chi connectivity index (χ1v) is 3.11. The first-order chi connectivity index (χ1) is 4.16. The molecule has 0 aliphatic rings. The van der Waals surface area contributed by atoms with Gasteiger partial charge in [0.05, 0.1) is 0 Å². The van der Waals surface area contributed by atoms with Crippen LogP contribution in [0.5, 0.6) is 0 Å². The van der Waals surface area contributed by atoms with Crippen molar-refractivity contribution < 1.29 is 0 Å². The number of hydrogen-bond donors (Lipinski definition) is 3. The second-order valence-corrected chi connectivity index (χ2v) is 2.30. The Bertz CT molecular complexity index is 90.3. The monoisotopic (exact) mass is 129 g/mol. The van der Waals surface area contributed by atoms with Crippen molar-refractivity contribution in [2.45, 2.75) is 19.4 Å². The van der Waals surface area contributed by atoms with E-state index in [-0.39, 0.29) is 6.04 Å². The Morgan fingerprint density at radius 2 is 2.33 bits per heavy atom. The fourth-order valence-electron chi connectivity index (χ4n) is 0.728. The lowest BCUT2D eigenvalue weighted by atomic mass is 10.1. The van der Waals surface area contributed by atoms with E-state index in [1.54, 1.807) is 6.92 Å². The van der Waals surface area contributed by atoms with E-state index in [1.807, 2.05) is 7.05 Å². The van der Waals surface area contributed by atoms with Gasteiger partial charge in [-0.1, -0.05) is 0 Å². The molecule has 0 aromatic carbocycles. The normalized spacial score (nSPS) is 13.2. The first-order valence-electron chi connectivity index (χ1n) is 3.11. The maximum Gasteiger partial charge on any atom is 0.0217 e. The van der Waals surface area contributed by atoms with Crippen LogP contribution in [0.15, 0.2) is 0 Å². The number of nitrogens with one attached hydrogen (secondary N) is 2. The lowest BCUT2D eigenvalue weighted by molar-refractivity contribution is 0.636. The molecular formula is C6H15N3. The van der Waals surface area contributed by atoms with Gasteiger partial charge in [0, 0.05) is 24.7 Å². The summed E-state index contributed by atoms with van der Waals surface area (Å²) in [5.74, 6) is 0. The highest BCUT2D eigenvalue weighted by atomic mass is 14.9. The molecule has 0 unspecified atom stereocenters. The third-order valence-corrected chi connectivity index (χ3v) is 1.03. The van der Waals surface area contributed by atoms with Crippen LogP contribution in [-0.4, -0.2) is 25.3 Å². The molecule has 0 fully saturated rings. The topological polar surface area (TPSA) is 61.9 Å². The van der Waals surface area contributed by atoms with E-state index in [4.69, 9.17) is 11.1 Å². The molecule has 0 aliphatic heterocycles. The molecule has 0 saturated carbocycles. The van der Waals surface area contributed by atoms with Crippen LogP contribution in [0, 0.1) is 5.41 Å². The van der Waals surface area contributed by atoms with Gasteiger partial charge in [0.1, 0.15) is 0 Å². The molecule has 0 aliphatic carbocycles. The Kier molecular flexibility index (Phi) is 4.26. The zero-order chi connectivity index (χ0) is 7.28. The van der Waals surface area contributed by atoms with Gasteiger partial charge in [0.15, 0.2) is 0 Å². The van der Waals surface area contributed by atoms with E-state index in [1.165, 1.54) is 0 Å². The Hall–Kier alpha value is -0.410. The molecule has 0 bridgehead atoms. The number of nitrogens with two attached hydrogens (primary N) is 1. The molecule has 0 rings (SSSR count). The van der Waals surface area contributed by atoms with E-state index in [2.05, 4.69) is 5.32 Å². The molecule has 0 amide bonds. The van der Waals surface area contributed by atoms with Crippen molar-refractivity contribution in [3.05, 3.63) is 0 Å². The van der Waals surface area contributed by atoms with Crippen LogP contribution in [-0.2, 0) is 0 Å². The summed E-state index contributed by atoms with van der Waals surface area (Å²) in [7, 11) is 1.86. The highest BCUT2D eigenvalue weighted by Crippen LogP contribution is 1.86. The molecule has 3 nitrogen and oxygen atoms in total. The Balaban J connectivity index is 3.26. The average Bonchev–Trinajstić information content (AvgIpc) is 1.63. The van der Waals surface area contributed by atoms with Crippen molar-refractivity contribution >= 4 is 5.71 Å². The van der Waals surface area contributed by atoms with Crippen molar-refractivity contribution in [3.63, 3.8) is 0 Å². The molecular weight excluding hydrogens is 114 g/mol. The summed E-state index contributed by atoms with van der Waals surface area (Å²) in [6.07, 6.45) is 0.695. The maximum atomic E-state index is 7.10. The van der Waals surface area contributed by atoms with E-state index in [0.717, 1.165) is 6.54 Å². The van der Waals surface area contributed by atoms with E-state index >= 15 is 0 Å². The highest BCUT2D eigenvalue weighted by Gasteiger charge is 1.99.